The molecular formula is C8H19NO2. The zero-order valence-corrected chi connectivity index (χ0v) is 7.45. The van der Waals surface area contributed by atoms with E-state index in [1.54, 1.807) is 0 Å². The molecule has 3 nitrogen and oxygen atoms in total. The molecule has 1 atom stereocenters. The predicted octanol–water partition coefficient (Wildman–Crippen LogP) is 0.0715. The van der Waals surface area contributed by atoms with Gasteiger partial charge >= 0.3 is 0 Å². The first-order valence-electron chi connectivity index (χ1n) is 4.25. The van der Waals surface area contributed by atoms with Gasteiger partial charge in [-0.1, -0.05) is 13.8 Å². The van der Waals surface area contributed by atoms with E-state index in [9.17, 15) is 0 Å². The third-order valence-electron chi connectivity index (χ3n) is 1.99. The van der Waals surface area contributed by atoms with Gasteiger partial charge in [0.15, 0.2) is 0 Å². The second-order valence-corrected chi connectivity index (χ2v) is 2.60. The maximum atomic E-state index is 8.93. The van der Waals surface area contributed by atoms with Crippen molar-refractivity contribution in [2.24, 2.45) is 0 Å². The zero-order chi connectivity index (χ0) is 8.69. The minimum atomic E-state index is 0.171. The van der Waals surface area contributed by atoms with Crippen LogP contribution in [0, 0.1) is 0 Å². The Morgan fingerprint density at radius 2 is 1.91 bits per heavy atom. The Morgan fingerprint density at radius 3 is 2.18 bits per heavy atom. The molecule has 68 valence electrons. The van der Waals surface area contributed by atoms with Crippen molar-refractivity contribution >= 4 is 0 Å². The molecule has 0 aliphatic rings. The number of hydrogen-bond donors (Lipinski definition) is 2. The summed E-state index contributed by atoms with van der Waals surface area (Å²) >= 11 is 0. The van der Waals surface area contributed by atoms with Crippen molar-refractivity contribution in [3.63, 3.8) is 0 Å². The summed E-state index contributed by atoms with van der Waals surface area (Å²) < 4.78 is 0. The quantitative estimate of drug-likeness (QED) is 0.579. The van der Waals surface area contributed by atoms with Crippen molar-refractivity contribution in [1.29, 1.82) is 0 Å². The van der Waals surface area contributed by atoms with Crippen LogP contribution in [-0.2, 0) is 0 Å². The van der Waals surface area contributed by atoms with E-state index < -0.39 is 0 Å². The molecule has 0 aliphatic carbocycles. The van der Waals surface area contributed by atoms with E-state index in [0.29, 0.717) is 6.54 Å². The summed E-state index contributed by atoms with van der Waals surface area (Å²) in [6.07, 6.45) is 0.935. The van der Waals surface area contributed by atoms with Gasteiger partial charge in [0.1, 0.15) is 0 Å². The SMILES string of the molecule is CCC(CO)N(CC)CCO. The summed E-state index contributed by atoms with van der Waals surface area (Å²) in [5.74, 6) is 0. The lowest BCUT2D eigenvalue weighted by atomic mass is 10.2. The van der Waals surface area contributed by atoms with Crippen LogP contribution in [0.1, 0.15) is 20.3 Å². The zero-order valence-electron chi connectivity index (χ0n) is 7.45. The summed E-state index contributed by atoms with van der Waals surface area (Å²) in [7, 11) is 0. The maximum Gasteiger partial charge on any atom is 0.0586 e. The van der Waals surface area contributed by atoms with Crippen molar-refractivity contribution in [3.8, 4) is 0 Å². The summed E-state index contributed by atoms with van der Waals surface area (Å²) in [5.41, 5.74) is 0. The van der Waals surface area contributed by atoms with Crippen molar-refractivity contribution in [1.82, 2.24) is 4.90 Å². The van der Waals surface area contributed by atoms with Crippen molar-refractivity contribution in [2.75, 3.05) is 26.3 Å². The highest BCUT2D eigenvalue weighted by Crippen LogP contribution is 2.01. The van der Waals surface area contributed by atoms with Crippen LogP contribution in [0.25, 0.3) is 0 Å². The van der Waals surface area contributed by atoms with Crippen LogP contribution in [0.3, 0.4) is 0 Å². The second-order valence-electron chi connectivity index (χ2n) is 2.60. The average molecular weight is 161 g/mol. The molecular weight excluding hydrogens is 142 g/mol. The van der Waals surface area contributed by atoms with E-state index in [4.69, 9.17) is 10.2 Å². The van der Waals surface area contributed by atoms with Crippen LogP contribution in [0.4, 0.5) is 0 Å². The van der Waals surface area contributed by atoms with Crippen LogP contribution >= 0.6 is 0 Å². The van der Waals surface area contributed by atoms with Crippen LogP contribution in [0.2, 0.25) is 0 Å². The summed E-state index contributed by atoms with van der Waals surface area (Å²) in [5, 5.41) is 17.6. The van der Waals surface area contributed by atoms with Crippen LogP contribution in [0.15, 0.2) is 0 Å². The molecule has 0 saturated heterocycles. The Balaban J connectivity index is 3.76. The first-order chi connectivity index (χ1) is 5.29. The van der Waals surface area contributed by atoms with Crippen LogP contribution in [-0.4, -0.2) is 47.5 Å². The van der Waals surface area contributed by atoms with Gasteiger partial charge in [0.25, 0.3) is 0 Å². The molecule has 0 aliphatic heterocycles. The first-order valence-corrected chi connectivity index (χ1v) is 4.25. The molecule has 0 aromatic heterocycles. The number of nitrogens with zero attached hydrogens (tertiary/aromatic N) is 1. The highest BCUT2D eigenvalue weighted by atomic mass is 16.3. The number of aliphatic hydroxyl groups is 2. The highest BCUT2D eigenvalue weighted by molar-refractivity contribution is 4.67. The molecule has 0 rings (SSSR count). The topological polar surface area (TPSA) is 43.7 Å². The fraction of sp³-hybridized carbons (Fsp3) is 1.00. The minimum Gasteiger partial charge on any atom is -0.395 e. The lowest BCUT2D eigenvalue weighted by molar-refractivity contribution is 0.104. The Morgan fingerprint density at radius 1 is 1.27 bits per heavy atom. The van der Waals surface area contributed by atoms with Crippen LogP contribution < -0.4 is 0 Å². The molecule has 0 saturated carbocycles. The minimum absolute atomic E-state index is 0.171. The van der Waals surface area contributed by atoms with E-state index in [1.165, 1.54) is 0 Å². The lowest BCUT2D eigenvalue weighted by Gasteiger charge is -2.27. The normalized spacial score (nSPS) is 13.9. The molecule has 2 N–H and O–H groups in total. The maximum absolute atomic E-state index is 8.93. The first kappa shape index (κ1) is 10.9. The third kappa shape index (κ3) is 3.70. The molecule has 0 amide bonds. The summed E-state index contributed by atoms with van der Waals surface area (Å²) in [4.78, 5) is 2.08. The van der Waals surface area contributed by atoms with Gasteiger partial charge in [-0.15, -0.1) is 0 Å². The molecule has 0 radical (unpaired) electrons. The molecule has 0 heterocycles. The van der Waals surface area contributed by atoms with Gasteiger partial charge < -0.3 is 10.2 Å². The molecule has 0 aromatic carbocycles. The molecule has 0 aromatic rings. The molecule has 0 fully saturated rings. The third-order valence-corrected chi connectivity index (χ3v) is 1.99. The van der Waals surface area contributed by atoms with E-state index in [-0.39, 0.29) is 19.3 Å². The standard InChI is InChI=1S/C8H19NO2/c1-3-8(7-11)9(4-2)5-6-10/h8,10-11H,3-7H2,1-2H3. The summed E-state index contributed by atoms with van der Waals surface area (Å²) in [6.45, 7) is 5.98. The Labute approximate surface area is 68.6 Å². The van der Waals surface area contributed by atoms with E-state index in [0.717, 1.165) is 13.0 Å². The van der Waals surface area contributed by atoms with E-state index in [1.807, 2.05) is 13.8 Å². The molecule has 0 bridgehead atoms. The van der Waals surface area contributed by atoms with E-state index in [2.05, 4.69) is 4.90 Å². The second kappa shape index (κ2) is 6.58. The fourth-order valence-electron chi connectivity index (χ4n) is 1.23. The van der Waals surface area contributed by atoms with Gasteiger partial charge in [-0.05, 0) is 13.0 Å². The molecule has 0 spiro atoms. The highest BCUT2D eigenvalue weighted by Gasteiger charge is 2.12. The molecule has 11 heavy (non-hydrogen) atoms. The van der Waals surface area contributed by atoms with Gasteiger partial charge in [-0.25, -0.2) is 0 Å². The van der Waals surface area contributed by atoms with Gasteiger partial charge in [0, 0.05) is 12.6 Å². The average Bonchev–Trinajstić information content (AvgIpc) is 2.05. The number of rotatable bonds is 6. The summed E-state index contributed by atoms with van der Waals surface area (Å²) in [6, 6.07) is 0.215. The molecule has 3 heteroatoms. The molecule has 1 unspecified atom stereocenters. The Kier molecular flexibility index (Phi) is 6.51. The number of likely N-dealkylation sites (N-methyl/N-ethyl adjacent to an activating group) is 1. The van der Waals surface area contributed by atoms with Gasteiger partial charge in [-0.3, -0.25) is 4.90 Å². The van der Waals surface area contributed by atoms with Crippen molar-refractivity contribution < 1.29 is 10.2 Å². The monoisotopic (exact) mass is 161 g/mol. The number of aliphatic hydroxyl groups excluding tert-OH is 2. The predicted molar refractivity (Wildman–Crippen MR) is 45.5 cm³/mol. The smallest absolute Gasteiger partial charge is 0.0586 e. The van der Waals surface area contributed by atoms with Crippen LogP contribution in [0.5, 0.6) is 0 Å². The van der Waals surface area contributed by atoms with Gasteiger partial charge in [0.05, 0.1) is 13.2 Å². The van der Waals surface area contributed by atoms with Gasteiger partial charge in [-0.2, -0.15) is 0 Å². The lowest BCUT2D eigenvalue weighted by Crippen LogP contribution is -2.39. The fourth-order valence-corrected chi connectivity index (χ4v) is 1.23. The van der Waals surface area contributed by atoms with E-state index >= 15 is 0 Å². The van der Waals surface area contributed by atoms with Gasteiger partial charge in [0.2, 0.25) is 0 Å². The Hall–Kier alpha value is -0.120. The van der Waals surface area contributed by atoms with Crippen molar-refractivity contribution in [2.45, 2.75) is 26.3 Å². The number of hydrogen-bond acceptors (Lipinski definition) is 3. The van der Waals surface area contributed by atoms with Crippen molar-refractivity contribution in [3.05, 3.63) is 0 Å². The largest absolute Gasteiger partial charge is 0.395 e. The Bertz CT molecular complexity index is 84.2.